The van der Waals surface area contributed by atoms with Crippen molar-refractivity contribution in [3.05, 3.63) is 0 Å². The van der Waals surface area contributed by atoms with E-state index in [1.165, 1.54) is 4.90 Å². The second-order valence-corrected chi connectivity index (χ2v) is 8.82. The van der Waals surface area contributed by atoms with E-state index in [1.807, 2.05) is 0 Å². The van der Waals surface area contributed by atoms with Crippen molar-refractivity contribution in [3.63, 3.8) is 0 Å². The number of carboxylic acids is 1. The van der Waals surface area contributed by atoms with E-state index in [0.29, 0.717) is 19.3 Å². The van der Waals surface area contributed by atoms with Gasteiger partial charge in [0.1, 0.15) is 18.1 Å². The average molecular weight is 542 g/mol. The number of likely N-dealkylation sites (tertiary alicyclic amines) is 1. The summed E-state index contributed by atoms with van der Waals surface area (Å²) in [5, 5.41) is 14.2. The van der Waals surface area contributed by atoms with Gasteiger partial charge in [0.25, 0.3) is 0 Å². The number of aliphatic imine (C=N–C) groups is 2. The van der Waals surface area contributed by atoms with Gasteiger partial charge in [0.15, 0.2) is 11.9 Å². The van der Waals surface area contributed by atoms with Gasteiger partial charge in [0.05, 0.1) is 12.5 Å². The Morgan fingerprint density at radius 1 is 0.895 bits per heavy atom. The maximum absolute atomic E-state index is 13.4. The standard InChI is InChI=1S/C21H39N11O6/c22-11(4-1-7-28-20(24)25)16(34)30-12(5-2-8-29-21(26)27)18(36)32-9-3-6-14(32)17(35)31-13(19(37)38)10-15(23)33/h11-14H,1-10,22H2,(H2,23,33)(H,30,34)(H,31,35)(H,37,38)(H4,24,25,28)(H4,26,27,29). The van der Waals surface area contributed by atoms with Crippen molar-refractivity contribution in [2.24, 2.45) is 44.4 Å². The fourth-order valence-corrected chi connectivity index (χ4v) is 3.86. The lowest BCUT2D eigenvalue weighted by molar-refractivity contribution is -0.146. The van der Waals surface area contributed by atoms with Gasteiger partial charge in [0.2, 0.25) is 23.6 Å². The predicted octanol–water partition coefficient (Wildman–Crippen LogP) is -4.66. The molecule has 0 aromatic rings. The van der Waals surface area contributed by atoms with E-state index in [-0.39, 0.29) is 50.8 Å². The molecule has 1 heterocycles. The van der Waals surface area contributed by atoms with E-state index >= 15 is 0 Å². The van der Waals surface area contributed by atoms with Crippen LogP contribution in [0.2, 0.25) is 0 Å². The molecule has 0 aromatic carbocycles. The van der Waals surface area contributed by atoms with Gasteiger partial charge in [-0.05, 0) is 38.5 Å². The van der Waals surface area contributed by atoms with Gasteiger partial charge >= 0.3 is 5.97 Å². The average Bonchev–Trinajstić information content (AvgIpc) is 3.32. The Bertz CT molecular complexity index is 917. The molecule has 0 saturated carbocycles. The topological polar surface area (TPSA) is 314 Å². The Morgan fingerprint density at radius 3 is 2.00 bits per heavy atom. The molecule has 4 atom stereocenters. The molecule has 1 fully saturated rings. The van der Waals surface area contributed by atoms with Crippen LogP contribution in [0.3, 0.4) is 0 Å². The number of nitrogens with two attached hydrogens (primary N) is 6. The van der Waals surface area contributed by atoms with E-state index in [4.69, 9.17) is 34.4 Å². The zero-order valence-electron chi connectivity index (χ0n) is 21.2. The van der Waals surface area contributed by atoms with E-state index < -0.39 is 60.2 Å². The number of rotatable bonds is 16. The van der Waals surface area contributed by atoms with Crippen LogP contribution >= 0.6 is 0 Å². The minimum Gasteiger partial charge on any atom is -0.480 e. The summed E-state index contributed by atoms with van der Waals surface area (Å²) in [5.41, 5.74) is 32.2. The fourth-order valence-electron chi connectivity index (χ4n) is 3.86. The zero-order valence-corrected chi connectivity index (χ0v) is 21.2. The lowest BCUT2D eigenvalue weighted by Gasteiger charge is -2.30. The first-order valence-electron chi connectivity index (χ1n) is 12.1. The minimum atomic E-state index is -1.54. The van der Waals surface area contributed by atoms with Crippen LogP contribution in [-0.4, -0.2) is 95.3 Å². The van der Waals surface area contributed by atoms with E-state index in [1.54, 1.807) is 0 Å². The molecule has 4 amide bonds. The first-order chi connectivity index (χ1) is 17.8. The Kier molecular flexibility index (Phi) is 13.3. The van der Waals surface area contributed by atoms with Crippen LogP contribution < -0.4 is 45.0 Å². The van der Waals surface area contributed by atoms with Crippen LogP contribution in [0, 0.1) is 0 Å². The predicted molar refractivity (Wildman–Crippen MR) is 138 cm³/mol. The van der Waals surface area contributed by atoms with Gasteiger partial charge in [-0.2, -0.15) is 0 Å². The van der Waals surface area contributed by atoms with Crippen LogP contribution in [0.25, 0.3) is 0 Å². The number of guanidine groups is 2. The summed E-state index contributed by atoms with van der Waals surface area (Å²) in [7, 11) is 0. The molecule has 1 aliphatic heterocycles. The minimum absolute atomic E-state index is 0.0806. The Balaban J connectivity index is 2.96. The summed E-state index contributed by atoms with van der Waals surface area (Å²) >= 11 is 0. The molecule has 1 saturated heterocycles. The third-order valence-corrected chi connectivity index (χ3v) is 5.72. The lowest BCUT2D eigenvalue weighted by atomic mass is 10.1. The Labute approximate surface area is 219 Å². The summed E-state index contributed by atoms with van der Waals surface area (Å²) in [6.07, 6.45) is 1.29. The van der Waals surface area contributed by atoms with Gasteiger partial charge in [-0.1, -0.05) is 0 Å². The smallest absolute Gasteiger partial charge is 0.326 e. The van der Waals surface area contributed by atoms with Crippen LogP contribution in [0.4, 0.5) is 0 Å². The SMILES string of the molecule is NC(=O)CC(NC(=O)C1CCCN1C(=O)C(CCCN=C(N)N)NC(=O)C(N)CCCN=C(N)N)C(=O)O. The lowest BCUT2D eigenvalue weighted by Crippen LogP contribution is -2.57. The number of nitrogens with zero attached hydrogens (tertiary/aromatic N) is 3. The first kappa shape index (κ1) is 31.9. The monoisotopic (exact) mass is 541 g/mol. The maximum atomic E-state index is 13.4. The molecule has 4 unspecified atom stereocenters. The van der Waals surface area contributed by atoms with E-state index in [9.17, 15) is 29.1 Å². The summed E-state index contributed by atoms with van der Waals surface area (Å²) in [5.74, 6) is -4.42. The number of hydrogen-bond acceptors (Lipinski definition) is 8. The third-order valence-electron chi connectivity index (χ3n) is 5.72. The van der Waals surface area contributed by atoms with Crippen molar-refractivity contribution < 1.29 is 29.1 Å². The van der Waals surface area contributed by atoms with Gasteiger partial charge in [-0.3, -0.25) is 29.2 Å². The second-order valence-electron chi connectivity index (χ2n) is 8.82. The number of primary amides is 1. The van der Waals surface area contributed by atoms with Gasteiger partial charge in [-0.15, -0.1) is 0 Å². The molecule has 0 aliphatic carbocycles. The molecule has 1 aliphatic rings. The van der Waals surface area contributed by atoms with Crippen LogP contribution in [0.15, 0.2) is 9.98 Å². The van der Waals surface area contributed by atoms with Gasteiger partial charge < -0.3 is 55.0 Å². The van der Waals surface area contributed by atoms with Gasteiger partial charge in [-0.25, -0.2) is 4.79 Å². The van der Waals surface area contributed by atoms with Crippen molar-refractivity contribution >= 4 is 41.5 Å². The van der Waals surface area contributed by atoms with Crippen molar-refractivity contribution in [2.45, 2.75) is 69.1 Å². The van der Waals surface area contributed by atoms with Crippen molar-refractivity contribution in [1.82, 2.24) is 15.5 Å². The highest BCUT2D eigenvalue weighted by Gasteiger charge is 2.39. The molecule has 0 bridgehead atoms. The van der Waals surface area contributed by atoms with Crippen LogP contribution in [-0.2, 0) is 24.0 Å². The van der Waals surface area contributed by atoms with Crippen molar-refractivity contribution in [2.75, 3.05) is 19.6 Å². The van der Waals surface area contributed by atoms with Crippen LogP contribution in [0.5, 0.6) is 0 Å². The summed E-state index contributed by atoms with van der Waals surface area (Å²) in [6.45, 7) is 0.682. The summed E-state index contributed by atoms with van der Waals surface area (Å²) in [4.78, 5) is 70.6. The molecule has 15 N–H and O–H groups in total. The van der Waals surface area contributed by atoms with Crippen molar-refractivity contribution in [1.29, 1.82) is 0 Å². The first-order valence-corrected chi connectivity index (χ1v) is 12.1. The zero-order chi connectivity index (χ0) is 28.8. The molecule has 0 spiro atoms. The molecule has 38 heavy (non-hydrogen) atoms. The fraction of sp³-hybridized carbons (Fsp3) is 0.667. The summed E-state index contributed by atoms with van der Waals surface area (Å²) in [6, 6.07) is -4.53. The highest BCUT2D eigenvalue weighted by Crippen LogP contribution is 2.20. The molecule has 17 heteroatoms. The molecular weight excluding hydrogens is 502 g/mol. The number of carbonyl (C=O) groups excluding carboxylic acids is 4. The number of nitrogens with one attached hydrogen (secondary N) is 2. The van der Waals surface area contributed by atoms with Gasteiger partial charge in [0, 0.05) is 19.6 Å². The molecule has 214 valence electrons. The number of carbonyl (C=O) groups is 5. The normalized spacial score (nSPS) is 17.0. The Morgan fingerprint density at radius 2 is 1.47 bits per heavy atom. The van der Waals surface area contributed by atoms with Crippen molar-refractivity contribution in [3.8, 4) is 0 Å². The Hall–Kier alpha value is -4.15. The molecule has 17 nitrogen and oxygen atoms in total. The third kappa shape index (κ3) is 11.3. The largest absolute Gasteiger partial charge is 0.480 e. The highest BCUT2D eigenvalue weighted by molar-refractivity contribution is 5.95. The summed E-state index contributed by atoms with van der Waals surface area (Å²) < 4.78 is 0. The number of aliphatic carboxylic acids is 1. The molecular formula is C21H39N11O6. The number of hydrogen-bond donors (Lipinski definition) is 9. The molecule has 0 radical (unpaired) electrons. The highest BCUT2D eigenvalue weighted by atomic mass is 16.4. The molecule has 1 rings (SSSR count). The molecule has 0 aromatic heterocycles. The quantitative estimate of drug-likeness (QED) is 0.0508. The maximum Gasteiger partial charge on any atom is 0.326 e. The number of amides is 4. The number of carboxylic acid groups (broad SMARTS) is 1. The van der Waals surface area contributed by atoms with E-state index in [0.717, 1.165) is 0 Å². The van der Waals surface area contributed by atoms with E-state index in [2.05, 4.69) is 20.6 Å². The van der Waals surface area contributed by atoms with Crippen LogP contribution in [0.1, 0.15) is 44.9 Å². The second kappa shape index (κ2) is 15.9.